The highest BCUT2D eigenvalue weighted by Crippen LogP contribution is 2.29. The van der Waals surface area contributed by atoms with E-state index in [9.17, 15) is 18.4 Å². The van der Waals surface area contributed by atoms with Gasteiger partial charge >= 0.3 is 6.03 Å². The number of rotatable bonds is 4. The van der Waals surface area contributed by atoms with E-state index in [2.05, 4.69) is 10.6 Å². The van der Waals surface area contributed by atoms with Gasteiger partial charge in [0.25, 0.3) is 0 Å². The molecule has 3 amide bonds. The molecule has 8 heteroatoms. The molecule has 0 radical (unpaired) electrons. The van der Waals surface area contributed by atoms with E-state index in [-0.39, 0.29) is 23.8 Å². The lowest BCUT2D eigenvalue weighted by Crippen LogP contribution is -2.40. The summed E-state index contributed by atoms with van der Waals surface area (Å²) in [6.07, 6.45) is 3.76. The fourth-order valence-electron chi connectivity index (χ4n) is 3.29. The van der Waals surface area contributed by atoms with Crippen LogP contribution < -0.4 is 15.5 Å². The predicted molar refractivity (Wildman–Crippen MR) is 90.6 cm³/mol. The van der Waals surface area contributed by atoms with E-state index in [1.807, 2.05) is 0 Å². The van der Waals surface area contributed by atoms with Crippen molar-refractivity contribution in [3.8, 4) is 0 Å². The van der Waals surface area contributed by atoms with Crippen molar-refractivity contribution >= 4 is 23.3 Å². The van der Waals surface area contributed by atoms with Gasteiger partial charge in [-0.25, -0.2) is 13.6 Å². The van der Waals surface area contributed by atoms with E-state index in [4.69, 9.17) is 0 Å². The maximum atomic E-state index is 14.2. The van der Waals surface area contributed by atoms with E-state index in [1.54, 1.807) is 9.80 Å². The van der Waals surface area contributed by atoms with E-state index >= 15 is 0 Å². The van der Waals surface area contributed by atoms with E-state index < -0.39 is 17.7 Å². The molecule has 1 aromatic rings. The van der Waals surface area contributed by atoms with Crippen molar-refractivity contribution in [2.45, 2.75) is 25.7 Å². The molecular weight excluding hydrogens is 330 g/mol. The third kappa shape index (κ3) is 4.18. The summed E-state index contributed by atoms with van der Waals surface area (Å²) in [6, 6.07) is 1.53. The molecule has 2 aliphatic rings. The maximum Gasteiger partial charge on any atom is 0.319 e. The highest BCUT2D eigenvalue weighted by molar-refractivity contribution is 5.92. The van der Waals surface area contributed by atoms with Crippen LogP contribution in [0.25, 0.3) is 0 Å². The third-order valence-corrected chi connectivity index (χ3v) is 4.56. The minimum Gasteiger partial charge on any atom is -0.367 e. The van der Waals surface area contributed by atoms with Crippen LogP contribution in [0, 0.1) is 11.6 Å². The maximum absolute atomic E-state index is 14.2. The zero-order chi connectivity index (χ0) is 17.8. The Hall–Kier alpha value is -2.38. The molecule has 0 atom stereocenters. The summed E-state index contributed by atoms with van der Waals surface area (Å²) in [5, 5.41) is 4.79. The summed E-state index contributed by atoms with van der Waals surface area (Å²) in [5.74, 6) is -1.56. The SMILES string of the molecule is O=C(NCC(=O)N1CCCC1)Nc1cc(F)c(N2CCCC2)c(F)c1. The van der Waals surface area contributed by atoms with Crippen molar-refractivity contribution in [1.29, 1.82) is 0 Å². The number of carbonyl (C=O) groups excluding carboxylic acids is 2. The molecule has 6 nitrogen and oxygen atoms in total. The number of nitrogens with zero attached hydrogens (tertiary/aromatic N) is 2. The summed E-state index contributed by atoms with van der Waals surface area (Å²) in [4.78, 5) is 27.1. The lowest BCUT2D eigenvalue weighted by Gasteiger charge is -2.20. The number of nitrogens with one attached hydrogen (secondary N) is 2. The van der Waals surface area contributed by atoms with Gasteiger partial charge in [0.1, 0.15) is 5.69 Å². The number of anilines is 2. The molecule has 2 heterocycles. The van der Waals surface area contributed by atoms with Crippen molar-refractivity contribution in [2.75, 3.05) is 42.9 Å². The second-order valence-electron chi connectivity index (χ2n) is 6.38. The average molecular weight is 352 g/mol. The highest BCUT2D eigenvalue weighted by Gasteiger charge is 2.22. The molecule has 0 unspecified atom stereocenters. The largest absolute Gasteiger partial charge is 0.367 e. The van der Waals surface area contributed by atoms with Gasteiger partial charge in [-0.3, -0.25) is 4.79 Å². The summed E-state index contributed by atoms with van der Waals surface area (Å²) >= 11 is 0. The second kappa shape index (κ2) is 7.67. The van der Waals surface area contributed by atoms with Gasteiger partial charge in [0.2, 0.25) is 5.91 Å². The zero-order valence-corrected chi connectivity index (χ0v) is 14.0. The number of urea groups is 1. The molecule has 0 aliphatic carbocycles. The third-order valence-electron chi connectivity index (χ3n) is 4.56. The topological polar surface area (TPSA) is 64.7 Å². The minimum atomic E-state index is -0.703. The van der Waals surface area contributed by atoms with Gasteiger partial charge in [-0.2, -0.15) is 0 Å². The van der Waals surface area contributed by atoms with E-state index in [1.165, 1.54) is 0 Å². The lowest BCUT2D eigenvalue weighted by molar-refractivity contribution is -0.128. The first-order valence-corrected chi connectivity index (χ1v) is 8.61. The highest BCUT2D eigenvalue weighted by atomic mass is 19.1. The molecule has 3 rings (SSSR count). The van der Waals surface area contributed by atoms with Gasteiger partial charge in [0, 0.05) is 31.9 Å². The van der Waals surface area contributed by atoms with Crippen LogP contribution in [0.3, 0.4) is 0 Å². The lowest BCUT2D eigenvalue weighted by atomic mass is 10.2. The number of hydrogen-bond acceptors (Lipinski definition) is 3. The van der Waals surface area contributed by atoms with Gasteiger partial charge in [-0.15, -0.1) is 0 Å². The normalized spacial score (nSPS) is 17.0. The summed E-state index contributed by atoms with van der Waals surface area (Å²) in [5.41, 5.74) is -0.0308. The molecule has 0 saturated carbocycles. The number of amides is 3. The van der Waals surface area contributed by atoms with Crippen molar-refractivity contribution in [3.05, 3.63) is 23.8 Å². The summed E-state index contributed by atoms with van der Waals surface area (Å²) < 4.78 is 28.4. The van der Waals surface area contributed by atoms with Crippen molar-refractivity contribution < 1.29 is 18.4 Å². The number of benzene rings is 1. The Labute approximate surface area is 145 Å². The minimum absolute atomic E-state index is 0.0177. The molecule has 2 aliphatic heterocycles. The van der Waals surface area contributed by atoms with E-state index in [0.717, 1.165) is 37.8 Å². The Bertz CT molecular complexity index is 633. The Kier molecular flexibility index (Phi) is 5.35. The predicted octanol–water partition coefficient (Wildman–Crippen LogP) is 2.31. The van der Waals surface area contributed by atoms with Crippen LogP contribution in [0.5, 0.6) is 0 Å². The first-order chi connectivity index (χ1) is 12.0. The van der Waals surface area contributed by atoms with Crippen molar-refractivity contribution in [1.82, 2.24) is 10.2 Å². The second-order valence-corrected chi connectivity index (χ2v) is 6.38. The van der Waals surface area contributed by atoms with Gasteiger partial charge < -0.3 is 20.4 Å². The van der Waals surface area contributed by atoms with Gasteiger partial charge in [-0.1, -0.05) is 0 Å². The standard InChI is InChI=1S/C17H22F2N4O2/c18-13-9-12(10-14(19)16(13)23-7-3-4-8-23)21-17(25)20-11-15(24)22-5-1-2-6-22/h9-10H,1-8,11H2,(H2,20,21,25). The van der Waals surface area contributed by atoms with E-state index in [0.29, 0.717) is 26.2 Å². The quantitative estimate of drug-likeness (QED) is 0.874. The van der Waals surface area contributed by atoms with Crippen LogP contribution in [0.4, 0.5) is 25.0 Å². The molecular formula is C17H22F2N4O2. The molecule has 2 fully saturated rings. The first kappa shape index (κ1) is 17.4. The van der Waals surface area contributed by atoms with Crippen LogP contribution in [-0.2, 0) is 4.79 Å². The Morgan fingerprint density at radius 2 is 1.52 bits per heavy atom. The Morgan fingerprint density at radius 1 is 0.960 bits per heavy atom. The van der Waals surface area contributed by atoms with Gasteiger partial charge in [0.05, 0.1) is 6.54 Å². The number of hydrogen-bond donors (Lipinski definition) is 2. The van der Waals surface area contributed by atoms with Gasteiger partial charge in [0.15, 0.2) is 11.6 Å². The summed E-state index contributed by atoms with van der Waals surface area (Å²) in [7, 11) is 0. The molecule has 25 heavy (non-hydrogen) atoms. The summed E-state index contributed by atoms with van der Waals surface area (Å²) in [6.45, 7) is 2.52. The monoisotopic (exact) mass is 352 g/mol. The molecule has 2 N–H and O–H groups in total. The number of halogens is 2. The fraction of sp³-hybridized carbons (Fsp3) is 0.529. The Balaban J connectivity index is 1.56. The molecule has 0 spiro atoms. The molecule has 0 bridgehead atoms. The molecule has 0 aromatic heterocycles. The molecule has 136 valence electrons. The fourth-order valence-corrected chi connectivity index (χ4v) is 3.29. The van der Waals surface area contributed by atoms with Crippen LogP contribution in [-0.4, -0.2) is 49.6 Å². The van der Waals surface area contributed by atoms with Crippen molar-refractivity contribution in [3.63, 3.8) is 0 Å². The van der Waals surface area contributed by atoms with Gasteiger partial charge in [-0.05, 0) is 37.8 Å². The number of likely N-dealkylation sites (tertiary alicyclic amines) is 1. The first-order valence-electron chi connectivity index (χ1n) is 8.61. The van der Waals surface area contributed by atoms with Crippen molar-refractivity contribution in [2.24, 2.45) is 0 Å². The zero-order valence-electron chi connectivity index (χ0n) is 14.0. The molecule has 2 saturated heterocycles. The smallest absolute Gasteiger partial charge is 0.319 e. The van der Waals surface area contributed by atoms with Crippen LogP contribution in [0.2, 0.25) is 0 Å². The average Bonchev–Trinajstić information content (AvgIpc) is 3.25. The number of carbonyl (C=O) groups is 2. The Morgan fingerprint density at radius 3 is 2.12 bits per heavy atom. The molecule has 1 aromatic carbocycles. The van der Waals surface area contributed by atoms with Crippen LogP contribution >= 0.6 is 0 Å². The van der Waals surface area contributed by atoms with Crippen LogP contribution in [0.15, 0.2) is 12.1 Å². The van der Waals surface area contributed by atoms with Crippen LogP contribution in [0.1, 0.15) is 25.7 Å².